The van der Waals surface area contributed by atoms with Gasteiger partial charge in [0.25, 0.3) is 11.8 Å². The molecule has 0 atom stereocenters. The van der Waals surface area contributed by atoms with E-state index in [0.29, 0.717) is 10.8 Å². The van der Waals surface area contributed by atoms with Crippen LogP contribution in [0.3, 0.4) is 0 Å². The number of halogens is 1. The van der Waals surface area contributed by atoms with Crippen molar-refractivity contribution in [3.8, 4) is 5.75 Å². The maximum Gasteiger partial charge on any atom is 0.273 e. The number of rotatable bonds is 6. The molecular weight excluding hydrogens is 358 g/mol. The lowest BCUT2D eigenvalue weighted by molar-refractivity contribution is -0.141. The molecule has 1 heterocycles. The first-order chi connectivity index (χ1) is 12.4. The van der Waals surface area contributed by atoms with Crippen molar-refractivity contribution in [1.29, 1.82) is 0 Å². The summed E-state index contributed by atoms with van der Waals surface area (Å²) in [5.41, 5.74) is 0.693. The zero-order valence-electron chi connectivity index (χ0n) is 14.2. The largest absolute Gasteiger partial charge is 0.484 e. The molecule has 7 nitrogen and oxygen atoms in total. The summed E-state index contributed by atoms with van der Waals surface area (Å²) in [4.78, 5) is 28.0. The summed E-state index contributed by atoms with van der Waals surface area (Å²) in [5, 5.41) is 6.65. The Morgan fingerprint density at radius 3 is 2.65 bits per heavy atom. The van der Waals surface area contributed by atoms with Gasteiger partial charge in [-0.1, -0.05) is 11.6 Å². The number of amides is 2. The highest BCUT2D eigenvalue weighted by Crippen LogP contribution is 2.60. The summed E-state index contributed by atoms with van der Waals surface area (Å²) in [6.07, 6.45) is 4.69. The number of carbonyl (C=O) groups excluding carboxylic acids is 2. The van der Waals surface area contributed by atoms with Gasteiger partial charge in [0.1, 0.15) is 12.0 Å². The molecule has 2 amide bonds. The molecule has 3 saturated carbocycles. The molecule has 2 bridgehead atoms. The SMILES string of the molecule is Cc1cc(OCC(=O)NC23CC(NC(=O)c4cocn4)(C2)C3)ccc1Cl. The Bertz CT molecular complexity index is 846. The summed E-state index contributed by atoms with van der Waals surface area (Å²) in [6.45, 7) is 1.82. The molecule has 26 heavy (non-hydrogen) atoms. The van der Waals surface area contributed by atoms with E-state index < -0.39 is 0 Å². The van der Waals surface area contributed by atoms with Crippen LogP contribution in [0.5, 0.6) is 5.75 Å². The number of hydrogen-bond donors (Lipinski definition) is 2. The van der Waals surface area contributed by atoms with Crippen molar-refractivity contribution in [2.75, 3.05) is 6.61 Å². The summed E-state index contributed by atoms with van der Waals surface area (Å²) in [7, 11) is 0. The minimum atomic E-state index is -0.250. The number of carbonyl (C=O) groups is 2. The maximum absolute atomic E-state index is 12.1. The van der Waals surface area contributed by atoms with Crippen molar-refractivity contribution in [2.45, 2.75) is 37.3 Å². The second-order valence-electron chi connectivity index (χ2n) is 7.17. The lowest BCUT2D eigenvalue weighted by atomic mass is 9.44. The van der Waals surface area contributed by atoms with Gasteiger partial charge in [-0.2, -0.15) is 0 Å². The Morgan fingerprint density at radius 2 is 2.00 bits per heavy atom. The smallest absolute Gasteiger partial charge is 0.273 e. The van der Waals surface area contributed by atoms with Gasteiger partial charge in [0.2, 0.25) is 0 Å². The van der Waals surface area contributed by atoms with E-state index in [1.807, 2.05) is 6.92 Å². The van der Waals surface area contributed by atoms with E-state index in [2.05, 4.69) is 15.6 Å². The summed E-state index contributed by atoms with van der Waals surface area (Å²) in [6, 6.07) is 5.27. The Kier molecular flexibility index (Phi) is 3.91. The topological polar surface area (TPSA) is 93.5 Å². The van der Waals surface area contributed by atoms with Gasteiger partial charge in [0.15, 0.2) is 18.7 Å². The zero-order chi connectivity index (χ0) is 18.4. The molecule has 0 unspecified atom stereocenters. The Balaban J connectivity index is 1.23. The van der Waals surface area contributed by atoms with Crippen molar-refractivity contribution in [2.24, 2.45) is 0 Å². The third-order valence-corrected chi connectivity index (χ3v) is 5.40. The van der Waals surface area contributed by atoms with Crippen molar-refractivity contribution >= 4 is 23.4 Å². The van der Waals surface area contributed by atoms with Crippen LogP contribution in [0.2, 0.25) is 5.02 Å². The van der Waals surface area contributed by atoms with Crippen LogP contribution in [-0.2, 0) is 4.79 Å². The van der Waals surface area contributed by atoms with Gasteiger partial charge in [-0.15, -0.1) is 0 Å². The fraction of sp³-hybridized carbons (Fsp3) is 0.389. The molecule has 2 aromatic rings. The van der Waals surface area contributed by atoms with Crippen LogP contribution in [0.1, 0.15) is 35.3 Å². The number of hydrogen-bond acceptors (Lipinski definition) is 5. The van der Waals surface area contributed by atoms with Crippen LogP contribution in [0.15, 0.2) is 35.3 Å². The first-order valence-corrected chi connectivity index (χ1v) is 8.67. The number of ether oxygens (including phenoxy) is 1. The Morgan fingerprint density at radius 1 is 1.27 bits per heavy atom. The third kappa shape index (κ3) is 3.03. The molecule has 8 heteroatoms. The number of benzene rings is 1. The molecule has 0 spiro atoms. The van der Waals surface area contributed by atoms with Gasteiger partial charge < -0.3 is 19.8 Å². The number of nitrogens with one attached hydrogen (secondary N) is 2. The van der Waals surface area contributed by atoms with Gasteiger partial charge in [-0.25, -0.2) is 4.98 Å². The fourth-order valence-electron chi connectivity index (χ4n) is 3.87. The highest BCUT2D eigenvalue weighted by Gasteiger charge is 2.69. The van der Waals surface area contributed by atoms with Gasteiger partial charge in [-0.3, -0.25) is 9.59 Å². The lowest BCUT2D eigenvalue weighted by Gasteiger charge is -2.70. The van der Waals surface area contributed by atoms with Crippen LogP contribution >= 0.6 is 11.6 Å². The standard InChI is InChI=1S/C18H18ClN3O4/c1-11-4-12(2-3-13(11)19)26-6-15(23)21-17-7-18(8-17,9-17)22-16(24)14-5-25-10-20-14/h2-5,10H,6-9H2,1H3,(H,21,23)(H,22,24). The van der Waals surface area contributed by atoms with E-state index in [0.717, 1.165) is 24.8 Å². The van der Waals surface area contributed by atoms with Crippen molar-refractivity contribution < 1.29 is 18.7 Å². The molecule has 136 valence electrons. The second kappa shape index (κ2) is 6.02. The monoisotopic (exact) mass is 375 g/mol. The molecule has 2 N–H and O–H groups in total. The predicted octanol–water partition coefficient (Wildman–Crippen LogP) is 2.24. The predicted molar refractivity (Wildman–Crippen MR) is 93.1 cm³/mol. The van der Waals surface area contributed by atoms with Gasteiger partial charge in [0.05, 0.1) is 0 Å². The number of aryl methyl sites for hydroxylation is 1. The van der Waals surface area contributed by atoms with E-state index in [1.54, 1.807) is 18.2 Å². The second-order valence-corrected chi connectivity index (χ2v) is 7.57. The summed E-state index contributed by atoms with van der Waals surface area (Å²) >= 11 is 5.97. The van der Waals surface area contributed by atoms with Crippen LogP contribution in [0, 0.1) is 6.92 Å². The average Bonchev–Trinajstić information content (AvgIpc) is 3.07. The molecule has 1 aromatic carbocycles. The molecule has 3 aliphatic carbocycles. The van der Waals surface area contributed by atoms with Crippen molar-refractivity contribution in [1.82, 2.24) is 15.6 Å². The molecule has 5 rings (SSSR count). The molecule has 1 aromatic heterocycles. The van der Waals surface area contributed by atoms with Gasteiger partial charge in [0, 0.05) is 16.1 Å². The molecule has 3 aliphatic rings. The van der Waals surface area contributed by atoms with Crippen molar-refractivity contribution in [3.63, 3.8) is 0 Å². The average molecular weight is 376 g/mol. The third-order valence-electron chi connectivity index (χ3n) is 4.98. The summed E-state index contributed by atoms with van der Waals surface area (Å²) < 4.78 is 10.3. The molecule has 0 radical (unpaired) electrons. The quantitative estimate of drug-likeness (QED) is 0.807. The molecule has 0 aliphatic heterocycles. The van der Waals surface area contributed by atoms with E-state index in [4.69, 9.17) is 20.8 Å². The van der Waals surface area contributed by atoms with E-state index in [9.17, 15) is 9.59 Å². The van der Waals surface area contributed by atoms with Crippen LogP contribution in [0.25, 0.3) is 0 Å². The molecular formula is C18H18ClN3O4. The van der Waals surface area contributed by atoms with E-state index in [-0.39, 0.29) is 35.2 Å². The first kappa shape index (κ1) is 16.9. The van der Waals surface area contributed by atoms with E-state index in [1.165, 1.54) is 12.7 Å². The normalized spacial score (nSPS) is 25.6. The van der Waals surface area contributed by atoms with Gasteiger partial charge in [-0.05, 0) is 49.9 Å². The minimum Gasteiger partial charge on any atom is -0.484 e. The Hall–Kier alpha value is -2.54. The molecule has 3 fully saturated rings. The lowest BCUT2D eigenvalue weighted by Crippen LogP contribution is -2.84. The minimum absolute atomic E-state index is 0.0544. The number of aromatic nitrogens is 1. The maximum atomic E-state index is 12.1. The van der Waals surface area contributed by atoms with Crippen molar-refractivity contribution in [3.05, 3.63) is 47.1 Å². The van der Waals surface area contributed by atoms with E-state index >= 15 is 0 Å². The Labute approximate surface area is 155 Å². The first-order valence-electron chi connectivity index (χ1n) is 8.29. The van der Waals surface area contributed by atoms with Crippen LogP contribution < -0.4 is 15.4 Å². The van der Waals surface area contributed by atoms with Crippen LogP contribution in [-0.4, -0.2) is 34.5 Å². The summed E-state index contributed by atoms with van der Waals surface area (Å²) in [5.74, 6) is 0.185. The number of nitrogens with zero attached hydrogens (tertiary/aromatic N) is 1. The number of oxazole rings is 1. The fourth-order valence-corrected chi connectivity index (χ4v) is 3.99. The molecule has 0 saturated heterocycles. The zero-order valence-corrected chi connectivity index (χ0v) is 14.9. The highest BCUT2D eigenvalue weighted by atomic mass is 35.5. The van der Waals surface area contributed by atoms with Gasteiger partial charge >= 0.3 is 0 Å². The highest BCUT2D eigenvalue weighted by molar-refractivity contribution is 6.31. The van der Waals surface area contributed by atoms with Crippen LogP contribution in [0.4, 0.5) is 0 Å².